The highest BCUT2D eigenvalue weighted by Crippen LogP contribution is 2.60. The van der Waals surface area contributed by atoms with E-state index >= 15 is 0 Å². The maximum Gasteiger partial charge on any atom is 0.207 e. The number of hydrogen-bond donors (Lipinski definition) is 0. The van der Waals surface area contributed by atoms with Gasteiger partial charge in [-0.05, 0) is 79.0 Å². The number of benzene rings is 2. The summed E-state index contributed by atoms with van der Waals surface area (Å²) in [4.78, 5) is 7.86. The molecule has 2 aromatic rings. The lowest BCUT2D eigenvalue weighted by Gasteiger charge is -2.55. The lowest BCUT2D eigenvalue weighted by Crippen LogP contribution is -2.50. The van der Waals surface area contributed by atoms with E-state index in [1.165, 1.54) is 19.3 Å². The molecule has 8 rings (SSSR count). The van der Waals surface area contributed by atoms with E-state index in [2.05, 4.69) is 53.6 Å². The minimum Gasteiger partial charge on any atom is -0.355 e. The van der Waals surface area contributed by atoms with Crippen LogP contribution in [0.1, 0.15) is 67.3 Å². The standard InChI is InChI=1S/C30H28N4/c31-18-30(19-32)27(33-29-15-20-12-21(16-29)14-22(13-20)17-29)26-25-9-5-4-6-23(25)10-11-34(26)28(30)24-7-2-1-3-8-24/h1-11,20-22,26,28H,12-17H2/t20?,21?,22?,26-,28-,29?/m0/s1. The monoisotopic (exact) mass is 444 g/mol. The molecule has 0 radical (unpaired) electrons. The van der Waals surface area contributed by atoms with Crippen molar-refractivity contribution in [3.05, 3.63) is 77.5 Å². The summed E-state index contributed by atoms with van der Waals surface area (Å²) in [6.45, 7) is 0. The summed E-state index contributed by atoms with van der Waals surface area (Å²) in [5.41, 5.74) is 2.66. The van der Waals surface area contributed by atoms with E-state index < -0.39 is 5.41 Å². The zero-order valence-electron chi connectivity index (χ0n) is 19.3. The summed E-state index contributed by atoms with van der Waals surface area (Å²) >= 11 is 0. The first kappa shape index (κ1) is 20.0. The van der Waals surface area contributed by atoms with Crippen molar-refractivity contribution in [3.63, 3.8) is 0 Å². The normalized spacial score (nSPS) is 37.2. The molecule has 4 saturated carbocycles. The summed E-state index contributed by atoms with van der Waals surface area (Å²) in [5, 5.41) is 21.4. The first-order valence-corrected chi connectivity index (χ1v) is 12.7. The van der Waals surface area contributed by atoms with Gasteiger partial charge in [0.1, 0.15) is 0 Å². The third kappa shape index (κ3) is 2.66. The molecular formula is C30H28N4. The molecule has 5 fully saturated rings. The Morgan fingerprint density at radius 2 is 1.44 bits per heavy atom. The summed E-state index contributed by atoms with van der Waals surface area (Å²) < 4.78 is 0. The molecule has 4 nitrogen and oxygen atoms in total. The number of aliphatic imine (C=N–C) groups is 1. The second kappa shape index (κ2) is 7.07. The number of nitrogens with zero attached hydrogens (tertiary/aromatic N) is 4. The molecule has 168 valence electrons. The van der Waals surface area contributed by atoms with E-state index in [4.69, 9.17) is 4.99 Å². The van der Waals surface area contributed by atoms with Gasteiger partial charge in [0.15, 0.2) is 0 Å². The maximum absolute atomic E-state index is 10.7. The number of hydrogen-bond acceptors (Lipinski definition) is 4. The van der Waals surface area contributed by atoms with Gasteiger partial charge in [0.25, 0.3) is 0 Å². The van der Waals surface area contributed by atoms with Crippen molar-refractivity contribution in [1.82, 2.24) is 4.90 Å². The third-order valence-electron chi connectivity index (χ3n) is 9.22. The lowest BCUT2D eigenvalue weighted by molar-refractivity contribution is 0.00133. The highest BCUT2D eigenvalue weighted by atomic mass is 15.2. The SMILES string of the molecule is N#CC1(C#N)C(=NC23CC4CC(CC(C4)C2)C3)[C@@H]2c3ccccc3C=CN2[C@H]1c1ccccc1. The van der Waals surface area contributed by atoms with Crippen molar-refractivity contribution >= 4 is 11.8 Å². The Labute approximate surface area is 201 Å². The molecule has 0 spiro atoms. The fourth-order valence-electron chi connectivity index (χ4n) is 8.35. The lowest BCUT2D eigenvalue weighted by atomic mass is 9.53. The zero-order chi connectivity index (χ0) is 22.9. The summed E-state index contributed by atoms with van der Waals surface area (Å²) in [5.74, 6) is 2.28. The van der Waals surface area contributed by atoms with Crippen molar-refractivity contribution in [1.29, 1.82) is 10.5 Å². The second-order valence-electron chi connectivity index (χ2n) is 11.3. The Morgan fingerprint density at radius 1 is 0.824 bits per heavy atom. The topological polar surface area (TPSA) is 63.2 Å². The first-order valence-electron chi connectivity index (χ1n) is 12.7. The molecule has 4 bridgehead atoms. The van der Waals surface area contributed by atoms with Crippen molar-refractivity contribution in [2.75, 3.05) is 0 Å². The van der Waals surface area contributed by atoms with Crippen LogP contribution in [0.15, 0.2) is 65.8 Å². The molecule has 4 aliphatic carbocycles. The van der Waals surface area contributed by atoms with Gasteiger partial charge < -0.3 is 4.90 Å². The highest BCUT2D eigenvalue weighted by Gasteiger charge is 2.61. The maximum atomic E-state index is 10.7. The number of nitriles is 2. The van der Waals surface area contributed by atoms with Crippen LogP contribution in [0.4, 0.5) is 0 Å². The van der Waals surface area contributed by atoms with E-state index in [0.717, 1.165) is 59.4 Å². The number of fused-ring (bicyclic) bond motifs is 3. The zero-order valence-corrected chi connectivity index (χ0v) is 19.3. The van der Waals surface area contributed by atoms with Gasteiger partial charge in [-0.2, -0.15) is 10.5 Å². The molecule has 0 amide bonds. The van der Waals surface area contributed by atoms with Crippen LogP contribution in [0.3, 0.4) is 0 Å². The molecule has 0 unspecified atom stereocenters. The summed E-state index contributed by atoms with van der Waals surface area (Å²) in [6.07, 6.45) is 11.6. The van der Waals surface area contributed by atoms with E-state index in [1.54, 1.807) is 0 Å². The van der Waals surface area contributed by atoms with Crippen LogP contribution in [0.25, 0.3) is 6.08 Å². The smallest absolute Gasteiger partial charge is 0.207 e. The van der Waals surface area contributed by atoms with E-state index in [9.17, 15) is 10.5 Å². The molecule has 1 saturated heterocycles. The minimum atomic E-state index is -1.32. The van der Waals surface area contributed by atoms with Crippen LogP contribution >= 0.6 is 0 Å². The summed E-state index contributed by atoms with van der Waals surface area (Å²) in [7, 11) is 0. The van der Waals surface area contributed by atoms with Crippen LogP contribution in [-0.4, -0.2) is 16.2 Å². The number of rotatable bonds is 2. The fraction of sp³-hybridized carbons (Fsp3) is 0.433. The van der Waals surface area contributed by atoms with E-state index in [-0.39, 0.29) is 17.6 Å². The predicted molar refractivity (Wildman–Crippen MR) is 131 cm³/mol. The molecule has 2 atom stereocenters. The van der Waals surface area contributed by atoms with Crippen LogP contribution in [0, 0.1) is 45.8 Å². The fourth-order valence-corrected chi connectivity index (χ4v) is 8.35. The van der Waals surface area contributed by atoms with Crippen molar-refractivity contribution in [3.8, 4) is 12.1 Å². The molecule has 6 aliphatic rings. The molecule has 2 aliphatic heterocycles. The molecule has 34 heavy (non-hydrogen) atoms. The van der Waals surface area contributed by atoms with Crippen LogP contribution in [0.2, 0.25) is 0 Å². The predicted octanol–water partition coefficient (Wildman–Crippen LogP) is 6.21. The Morgan fingerprint density at radius 3 is 2.09 bits per heavy atom. The van der Waals surface area contributed by atoms with Gasteiger partial charge in [-0.15, -0.1) is 0 Å². The first-order chi connectivity index (χ1) is 16.6. The van der Waals surface area contributed by atoms with Gasteiger partial charge in [-0.25, -0.2) is 0 Å². The minimum absolute atomic E-state index is 0.101. The van der Waals surface area contributed by atoms with Crippen LogP contribution in [-0.2, 0) is 0 Å². The van der Waals surface area contributed by atoms with Gasteiger partial charge in [0, 0.05) is 6.20 Å². The van der Waals surface area contributed by atoms with Gasteiger partial charge in [0.05, 0.1) is 35.5 Å². The Balaban J connectivity index is 1.47. The molecule has 0 aromatic heterocycles. The average molecular weight is 445 g/mol. The Bertz CT molecular complexity index is 1240. The van der Waals surface area contributed by atoms with Crippen molar-refractivity contribution < 1.29 is 0 Å². The average Bonchev–Trinajstić information content (AvgIpc) is 3.13. The van der Waals surface area contributed by atoms with Crippen molar-refractivity contribution in [2.45, 2.75) is 56.1 Å². The Kier molecular flexibility index (Phi) is 4.16. The Hall–Kier alpha value is -3.37. The highest BCUT2D eigenvalue weighted by molar-refractivity contribution is 6.04. The summed E-state index contributed by atoms with van der Waals surface area (Å²) in [6, 6.07) is 23.0. The van der Waals surface area contributed by atoms with E-state index in [0.29, 0.717) is 0 Å². The third-order valence-corrected chi connectivity index (χ3v) is 9.22. The second-order valence-corrected chi connectivity index (χ2v) is 11.3. The van der Waals surface area contributed by atoms with Gasteiger partial charge in [-0.3, -0.25) is 4.99 Å². The molecular weight excluding hydrogens is 416 g/mol. The molecule has 2 aromatic carbocycles. The van der Waals surface area contributed by atoms with Gasteiger partial charge in [-0.1, -0.05) is 54.6 Å². The quantitative estimate of drug-likeness (QED) is 0.553. The van der Waals surface area contributed by atoms with Crippen LogP contribution < -0.4 is 0 Å². The van der Waals surface area contributed by atoms with E-state index in [1.807, 2.05) is 30.3 Å². The molecule has 2 heterocycles. The van der Waals surface area contributed by atoms with Crippen molar-refractivity contribution in [2.24, 2.45) is 28.2 Å². The molecule has 4 heteroatoms. The van der Waals surface area contributed by atoms with Crippen LogP contribution in [0.5, 0.6) is 0 Å². The largest absolute Gasteiger partial charge is 0.355 e. The van der Waals surface area contributed by atoms with Gasteiger partial charge in [0.2, 0.25) is 5.41 Å². The van der Waals surface area contributed by atoms with Gasteiger partial charge >= 0.3 is 0 Å². The molecule has 0 N–H and O–H groups in total.